The molecule has 1 heterocycles. The molecule has 1 aliphatic rings. The van der Waals surface area contributed by atoms with E-state index in [0.717, 1.165) is 17.5 Å². The Kier molecular flexibility index (Phi) is 4.47. The number of hydrogen-bond acceptors (Lipinski definition) is 3. The molecule has 21 heavy (non-hydrogen) atoms. The molecular weight excluding hydrogens is 270 g/mol. The normalized spacial score (nSPS) is 17.5. The van der Waals surface area contributed by atoms with E-state index in [1.54, 1.807) is 6.07 Å². The van der Waals surface area contributed by atoms with Crippen LogP contribution in [0.1, 0.15) is 43.0 Å². The maximum atomic E-state index is 11.4. The fourth-order valence-corrected chi connectivity index (χ4v) is 2.86. The minimum atomic E-state index is -0.889. The molecule has 1 atom stereocenters. The van der Waals surface area contributed by atoms with E-state index in [4.69, 9.17) is 10.6 Å². The van der Waals surface area contributed by atoms with E-state index in [9.17, 15) is 9.90 Å². The van der Waals surface area contributed by atoms with E-state index < -0.39 is 6.09 Å². The second-order valence-electron chi connectivity index (χ2n) is 5.77. The van der Waals surface area contributed by atoms with Crippen LogP contribution in [0, 0.1) is 11.3 Å². The Hall–Kier alpha value is -2.08. The average molecular weight is 291 g/mol. The molecule has 0 saturated carbocycles. The van der Waals surface area contributed by atoms with Gasteiger partial charge in [0.05, 0.1) is 6.04 Å². The largest absolute Gasteiger partial charge is 0.465 e. The number of amides is 1. The highest BCUT2D eigenvalue weighted by Gasteiger charge is 2.31. The fourth-order valence-electron chi connectivity index (χ4n) is 2.86. The summed E-state index contributed by atoms with van der Waals surface area (Å²) in [4.78, 5) is 12.9. The van der Waals surface area contributed by atoms with Gasteiger partial charge in [-0.2, -0.15) is 0 Å². The Labute approximate surface area is 123 Å². The second kappa shape index (κ2) is 6.13. The van der Waals surface area contributed by atoms with E-state index in [1.807, 2.05) is 17.6 Å². The average Bonchev–Trinajstić information content (AvgIpc) is 2.45. The van der Waals surface area contributed by atoms with Gasteiger partial charge in [-0.3, -0.25) is 16.1 Å². The number of carbonyl (C=O) groups is 1. The molecule has 1 aromatic carbocycles. The molecule has 4 N–H and O–H groups in total. The Morgan fingerprint density at radius 2 is 2.24 bits per heavy atom. The minimum absolute atomic E-state index is 0.0566. The van der Waals surface area contributed by atoms with Gasteiger partial charge >= 0.3 is 6.09 Å². The van der Waals surface area contributed by atoms with Gasteiger partial charge in [0.1, 0.15) is 5.84 Å². The van der Waals surface area contributed by atoms with Gasteiger partial charge in [-0.15, -0.1) is 0 Å². The summed E-state index contributed by atoms with van der Waals surface area (Å²) in [6.07, 6.45) is 0.511. The first-order valence-electron chi connectivity index (χ1n) is 7.05. The molecule has 0 spiro atoms. The Morgan fingerprint density at radius 3 is 2.81 bits per heavy atom. The maximum Gasteiger partial charge on any atom is 0.407 e. The number of benzene rings is 1. The quantitative estimate of drug-likeness (QED) is 0.391. The molecule has 2 rings (SSSR count). The smallest absolute Gasteiger partial charge is 0.407 e. The van der Waals surface area contributed by atoms with Crippen molar-refractivity contribution >= 4 is 11.9 Å². The van der Waals surface area contributed by atoms with Gasteiger partial charge in [-0.05, 0) is 36.0 Å². The number of fused-ring (bicyclic) bond motifs is 1. The molecule has 1 amide bonds. The molecule has 0 bridgehead atoms. The Bertz CT molecular complexity index is 557. The summed E-state index contributed by atoms with van der Waals surface area (Å²) in [5, 5.41) is 25.8. The van der Waals surface area contributed by atoms with Crippen molar-refractivity contribution < 1.29 is 15.1 Å². The summed E-state index contributed by atoms with van der Waals surface area (Å²) in [6.45, 7) is 4.62. The number of hydroxylamine groups is 1. The third-order valence-corrected chi connectivity index (χ3v) is 3.84. The molecule has 1 aromatic rings. The summed E-state index contributed by atoms with van der Waals surface area (Å²) in [6, 6.07) is 5.33. The molecule has 1 aliphatic heterocycles. The number of hydrogen-bond donors (Lipinski definition) is 4. The van der Waals surface area contributed by atoms with E-state index >= 15 is 0 Å². The highest BCUT2D eigenvalue weighted by Crippen LogP contribution is 2.34. The lowest BCUT2D eigenvalue weighted by molar-refractivity contribution is 0.113. The van der Waals surface area contributed by atoms with Gasteiger partial charge in [0.25, 0.3) is 0 Å². The zero-order valence-corrected chi connectivity index (χ0v) is 12.3. The highest BCUT2D eigenvalue weighted by atomic mass is 16.5. The van der Waals surface area contributed by atoms with Crippen LogP contribution >= 0.6 is 0 Å². The summed E-state index contributed by atoms with van der Waals surface area (Å²) in [7, 11) is 0. The van der Waals surface area contributed by atoms with Crippen LogP contribution in [0.25, 0.3) is 0 Å². The monoisotopic (exact) mass is 291 g/mol. The molecule has 0 radical (unpaired) electrons. The zero-order valence-electron chi connectivity index (χ0n) is 12.3. The van der Waals surface area contributed by atoms with Crippen molar-refractivity contribution in [2.45, 2.75) is 32.7 Å². The lowest BCUT2D eigenvalue weighted by Gasteiger charge is -2.36. The van der Waals surface area contributed by atoms with E-state index in [-0.39, 0.29) is 11.9 Å². The second-order valence-corrected chi connectivity index (χ2v) is 5.77. The first-order valence-corrected chi connectivity index (χ1v) is 7.05. The molecule has 0 saturated heterocycles. The van der Waals surface area contributed by atoms with Gasteiger partial charge in [0, 0.05) is 12.1 Å². The predicted octanol–water partition coefficient (Wildman–Crippen LogP) is 2.61. The van der Waals surface area contributed by atoms with Crippen molar-refractivity contribution in [3.8, 4) is 0 Å². The summed E-state index contributed by atoms with van der Waals surface area (Å²) >= 11 is 0. The molecule has 0 aromatic heterocycles. The van der Waals surface area contributed by atoms with Crippen molar-refractivity contribution in [2.75, 3.05) is 6.54 Å². The molecule has 1 unspecified atom stereocenters. The standard InChI is InChI=1S/C15H21N3O3/c1-9(2)7-13-12-4-3-11(14(16)17-21)8-10(12)5-6-18(13)15(19)20/h3-4,8-9,13,21H,5-7H2,1-2H3,(H2,16,17)(H,19,20). The number of nitrogens with one attached hydrogen (secondary N) is 2. The van der Waals surface area contributed by atoms with Crippen molar-refractivity contribution in [3.05, 3.63) is 34.9 Å². The third kappa shape index (κ3) is 3.16. The molecule has 6 nitrogen and oxygen atoms in total. The van der Waals surface area contributed by atoms with Crippen LogP contribution in [0.5, 0.6) is 0 Å². The summed E-state index contributed by atoms with van der Waals surface area (Å²) < 4.78 is 0. The topological polar surface area (TPSA) is 96.7 Å². The Balaban J connectivity index is 2.39. The first-order chi connectivity index (χ1) is 9.93. The van der Waals surface area contributed by atoms with Crippen LogP contribution in [0.3, 0.4) is 0 Å². The fraction of sp³-hybridized carbons (Fsp3) is 0.467. The number of nitrogens with zero attached hydrogens (tertiary/aromatic N) is 1. The molecular formula is C15H21N3O3. The van der Waals surface area contributed by atoms with E-state index in [0.29, 0.717) is 24.4 Å². The summed E-state index contributed by atoms with van der Waals surface area (Å²) in [5.41, 5.74) is 4.50. The molecule has 114 valence electrons. The van der Waals surface area contributed by atoms with Crippen LogP contribution < -0.4 is 5.48 Å². The molecule has 0 aliphatic carbocycles. The van der Waals surface area contributed by atoms with Crippen LogP contribution in [0.15, 0.2) is 18.2 Å². The van der Waals surface area contributed by atoms with E-state index in [2.05, 4.69) is 13.8 Å². The van der Waals surface area contributed by atoms with Crippen molar-refractivity contribution in [1.82, 2.24) is 10.4 Å². The summed E-state index contributed by atoms with van der Waals surface area (Å²) in [5.74, 6) is 0.332. The highest BCUT2D eigenvalue weighted by molar-refractivity contribution is 5.95. The van der Waals surface area contributed by atoms with Gasteiger partial charge in [-0.1, -0.05) is 26.0 Å². The van der Waals surface area contributed by atoms with Crippen LogP contribution in [0.4, 0.5) is 4.79 Å². The molecule has 0 fully saturated rings. The minimum Gasteiger partial charge on any atom is -0.465 e. The maximum absolute atomic E-state index is 11.4. The lowest BCUT2D eigenvalue weighted by atomic mass is 9.87. The van der Waals surface area contributed by atoms with Gasteiger partial charge in [-0.25, -0.2) is 4.79 Å². The van der Waals surface area contributed by atoms with Crippen molar-refractivity contribution in [3.63, 3.8) is 0 Å². The predicted molar refractivity (Wildman–Crippen MR) is 78.8 cm³/mol. The first kappa shape index (κ1) is 15.3. The van der Waals surface area contributed by atoms with Crippen LogP contribution in [0.2, 0.25) is 0 Å². The molecule has 6 heteroatoms. The van der Waals surface area contributed by atoms with Gasteiger partial charge in [0.15, 0.2) is 0 Å². The SMILES string of the molecule is CC(C)CC1c2ccc(C(=N)NO)cc2CCN1C(=O)O. The van der Waals surface area contributed by atoms with Crippen LogP contribution in [-0.2, 0) is 6.42 Å². The number of carboxylic acid groups (broad SMARTS) is 1. The van der Waals surface area contributed by atoms with Crippen molar-refractivity contribution in [1.29, 1.82) is 5.41 Å². The van der Waals surface area contributed by atoms with Crippen molar-refractivity contribution in [2.24, 2.45) is 5.92 Å². The van der Waals surface area contributed by atoms with Gasteiger partial charge < -0.3 is 10.0 Å². The number of rotatable bonds is 3. The van der Waals surface area contributed by atoms with Crippen LogP contribution in [-0.4, -0.2) is 33.7 Å². The number of amidine groups is 1. The van der Waals surface area contributed by atoms with E-state index in [1.165, 1.54) is 4.90 Å². The Morgan fingerprint density at radius 1 is 1.52 bits per heavy atom. The zero-order chi connectivity index (χ0) is 15.6. The van der Waals surface area contributed by atoms with Gasteiger partial charge in [0.2, 0.25) is 0 Å². The third-order valence-electron chi connectivity index (χ3n) is 3.84. The lowest BCUT2D eigenvalue weighted by Crippen LogP contribution is -2.39.